The lowest BCUT2D eigenvalue weighted by molar-refractivity contribution is -0.135. The summed E-state index contributed by atoms with van der Waals surface area (Å²) in [7, 11) is 1.43. The van der Waals surface area contributed by atoms with Crippen LogP contribution in [0, 0.1) is 0 Å². The van der Waals surface area contributed by atoms with Crippen molar-refractivity contribution in [1.82, 2.24) is 19.9 Å². The second-order valence-corrected chi connectivity index (χ2v) is 5.77. The Kier molecular flexibility index (Phi) is 4.26. The number of amides is 1. The second-order valence-electron chi connectivity index (χ2n) is 5.77. The third-order valence-corrected chi connectivity index (χ3v) is 4.10. The summed E-state index contributed by atoms with van der Waals surface area (Å²) in [6, 6.07) is 0. The number of fused-ring (bicyclic) bond motifs is 1. The van der Waals surface area contributed by atoms with E-state index in [2.05, 4.69) is 15.3 Å². The third kappa shape index (κ3) is 2.97. The average Bonchev–Trinajstić information content (AvgIpc) is 3.12. The molecule has 1 amide bonds. The highest BCUT2D eigenvalue weighted by Gasteiger charge is 2.24. The number of carbonyl (C=O) groups excluding carboxylic acids is 1. The van der Waals surface area contributed by atoms with Crippen LogP contribution in [0.3, 0.4) is 0 Å². The van der Waals surface area contributed by atoms with Crippen LogP contribution in [-0.2, 0) is 11.8 Å². The minimum atomic E-state index is -1.26. The van der Waals surface area contributed by atoms with Crippen molar-refractivity contribution in [3.8, 4) is 5.75 Å². The Morgan fingerprint density at radius 3 is 2.64 bits per heavy atom. The van der Waals surface area contributed by atoms with E-state index in [0.29, 0.717) is 5.95 Å². The number of anilines is 1. The summed E-state index contributed by atoms with van der Waals surface area (Å²) in [5, 5.41) is 21.2. The Labute approximate surface area is 141 Å². The van der Waals surface area contributed by atoms with Crippen LogP contribution in [0.2, 0.25) is 0 Å². The Morgan fingerprint density at radius 2 is 2.00 bits per heavy atom. The largest absolute Gasteiger partial charge is 0.506 e. The third-order valence-electron chi connectivity index (χ3n) is 4.10. The summed E-state index contributed by atoms with van der Waals surface area (Å²) in [5.74, 6) is -2.33. The summed E-state index contributed by atoms with van der Waals surface area (Å²) in [6.07, 6.45) is 3.43. The van der Waals surface area contributed by atoms with Crippen molar-refractivity contribution in [3.05, 3.63) is 22.1 Å². The maximum Gasteiger partial charge on any atom is 0.322 e. The van der Waals surface area contributed by atoms with Crippen LogP contribution < -0.4 is 15.8 Å². The molecule has 25 heavy (non-hydrogen) atoms. The molecule has 0 aromatic carbocycles. The Morgan fingerprint density at radius 1 is 1.32 bits per heavy atom. The molecule has 0 saturated carbocycles. The number of nitrogens with zero attached hydrogens (tertiary/aromatic N) is 4. The van der Waals surface area contributed by atoms with Gasteiger partial charge in [0.2, 0.25) is 5.95 Å². The predicted molar refractivity (Wildman–Crippen MR) is 87.9 cm³/mol. The highest BCUT2D eigenvalue weighted by molar-refractivity contribution is 6.02. The minimum Gasteiger partial charge on any atom is -0.506 e. The molecular formula is C15H17N5O5. The zero-order chi connectivity index (χ0) is 18.1. The molecule has 132 valence electrons. The van der Waals surface area contributed by atoms with Gasteiger partial charge in [-0.25, -0.2) is 4.98 Å². The molecule has 0 atom stereocenters. The van der Waals surface area contributed by atoms with Gasteiger partial charge in [0.25, 0.3) is 11.5 Å². The van der Waals surface area contributed by atoms with Crippen LogP contribution >= 0.6 is 0 Å². The van der Waals surface area contributed by atoms with Crippen LogP contribution in [-0.4, -0.2) is 56.3 Å². The number of aliphatic carboxylic acids is 1. The van der Waals surface area contributed by atoms with Gasteiger partial charge in [0.05, 0.1) is 5.39 Å². The molecule has 3 rings (SSSR count). The molecule has 0 spiro atoms. The van der Waals surface area contributed by atoms with E-state index < -0.39 is 35.3 Å². The number of carboxylic acids is 1. The van der Waals surface area contributed by atoms with Crippen LogP contribution in [0.25, 0.3) is 11.0 Å². The molecule has 3 N–H and O–H groups in total. The number of hydrogen-bond acceptors (Lipinski definition) is 7. The van der Waals surface area contributed by atoms with Gasteiger partial charge < -0.3 is 20.4 Å². The van der Waals surface area contributed by atoms with E-state index in [4.69, 9.17) is 5.11 Å². The van der Waals surface area contributed by atoms with Gasteiger partial charge in [-0.15, -0.1) is 0 Å². The first-order valence-corrected chi connectivity index (χ1v) is 7.73. The topological polar surface area (TPSA) is 138 Å². The highest BCUT2D eigenvalue weighted by Crippen LogP contribution is 2.26. The monoisotopic (exact) mass is 347 g/mol. The van der Waals surface area contributed by atoms with E-state index in [-0.39, 0.29) is 11.0 Å². The van der Waals surface area contributed by atoms with Crippen molar-refractivity contribution in [2.24, 2.45) is 7.05 Å². The van der Waals surface area contributed by atoms with Crippen molar-refractivity contribution in [3.63, 3.8) is 0 Å². The maximum atomic E-state index is 12.4. The lowest BCUT2D eigenvalue weighted by Gasteiger charge is -2.16. The number of carbonyl (C=O) groups is 2. The summed E-state index contributed by atoms with van der Waals surface area (Å²) in [6.45, 7) is 0.978. The zero-order valence-corrected chi connectivity index (χ0v) is 13.5. The van der Waals surface area contributed by atoms with Gasteiger partial charge in [0.1, 0.15) is 17.9 Å². The zero-order valence-electron chi connectivity index (χ0n) is 13.5. The van der Waals surface area contributed by atoms with E-state index in [1.54, 1.807) is 0 Å². The van der Waals surface area contributed by atoms with Crippen molar-refractivity contribution >= 4 is 28.9 Å². The standard InChI is InChI=1S/C15H17N5O5/c1-19-12-8(6-17-15(18-12)20-4-2-3-5-20)11(23)10(14(19)25)13(24)16-7-9(21)22/h6,23H,2-5,7H2,1H3,(H,16,24)(H,21,22). The smallest absolute Gasteiger partial charge is 0.322 e. The number of pyridine rings is 1. The summed E-state index contributed by atoms with van der Waals surface area (Å²) >= 11 is 0. The Bertz CT molecular complexity index is 917. The Balaban J connectivity index is 2.09. The minimum absolute atomic E-state index is 0.144. The first-order chi connectivity index (χ1) is 11.9. The molecule has 10 nitrogen and oxygen atoms in total. The molecule has 1 aliphatic rings. The van der Waals surface area contributed by atoms with Crippen LogP contribution in [0.5, 0.6) is 5.75 Å². The fourth-order valence-corrected chi connectivity index (χ4v) is 2.80. The van der Waals surface area contributed by atoms with Crippen molar-refractivity contribution in [1.29, 1.82) is 0 Å². The molecular weight excluding hydrogens is 330 g/mol. The van der Waals surface area contributed by atoms with E-state index in [1.165, 1.54) is 13.2 Å². The fourth-order valence-electron chi connectivity index (χ4n) is 2.80. The number of carboxylic acid groups (broad SMARTS) is 1. The average molecular weight is 347 g/mol. The molecule has 1 saturated heterocycles. The van der Waals surface area contributed by atoms with Crippen molar-refractivity contribution in [2.45, 2.75) is 12.8 Å². The van der Waals surface area contributed by atoms with Gasteiger partial charge >= 0.3 is 5.97 Å². The van der Waals surface area contributed by atoms with Gasteiger partial charge in [-0.1, -0.05) is 0 Å². The van der Waals surface area contributed by atoms with Gasteiger partial charge in [-0.2, -0.15) is 4.98 Å². The maximum absolute atomic E-state index is 12.4. The van der Waals surface area contributed by atoms with Gasteiger partial charge in [-0.3, -0.25) is 19.0 Å². The van der Waals surface area contributed by atoms with Gasteiger partial charge in [-0.05, 0) is 12.8 Å². The number of aromatic nitrogens is 3. The summed E-state index contributed by atoms with van der Waals surface area (Å²) < 4.78 is 1.14. The second kappa shape index (κ2) is 6.38. The molecule has 0 radical (unpaired) electrons. The molecule has 2 aromatic rings. The van der Waals surface area contributed by atoms with Crippen LogP contribution in [0.15, 0.2) is 11.0 Å². The molecule has 3 heterocycles. The molecule has 1 aliphatic heterocycles. The summed E-state index contributed by atoms with van der Waals surface area (Å²) in [4.78, 5) is 45.6. The molecule has 1 fully saturated rings. The predicted octanol–water partition coefficient (Wildman–Crippen LogP) is -0.551. The molecule has 0 aliphatic carbocycles. The van der Waals surface area contributed by atoms with Crippen LogP contribution in [0.4, 0.5) is 5.95 Å². The molecule has 0 unspecified atom stereocenters. The first-order valence-electron chi connectivity index (χ1n) is 7.73. The Hall–Kier alpha value is -3.17. The number of rotatable bonds is 4. The van der Waals surface area contributed by atoms with E-state index in [1.807, 2.05) is 4.90 Å². The van der Waals surface area contributed by atoms with E-state index in [9.17, 15) is 19.5 Å². The number of aromatic hydroxyl groups is 1. The normalized spacial score (nSPS) is 14.0. The SMILES string of the molecule is Cn1c(=O)c(C(=O)NCC(=O)O)c(O)c2cnc(N3CCCC3)nc21. The van der Waals surface area contributed by atoms with Gasteiger partial charge in [0, 0.05) is 26.3 Å². The van der Waals surface area contributed by atoms with Crippen molar-refractivity contribution < 1.29 is 19.8 Å². The lowest BCUT2D eigenvalue weighted by Crippen LogP contribution is -2.35. The van der Waals surface area contributed by atoms with E-state index >= 15 is 0 Å². The lowest BCUT2D eigenvalue weighted by atomic mass is 10.1. The highest BCUT2D eigenvalue weighted by atomic mass is 16.4. The number of hydrogen-bond donors (Lipinski definition) is 3. The molecule has 2 aromatic heterocycles. The number of nitrogens with one attached hydrogen (secondary N) is 1. The van der Waals surface area contributed by atoms with E-state index in [0.717, 1.165) is 30.5 Å². The summed E-state index contributed by atoms with van der Waals surface area (Å²) in [5.41, 5.74) is -1.10. The number of aryl methyl sites for hydroxylation is 1. The molecule has 0 bridgehead atoms. The van der Waals surface area contributed by atoms with Crippen LogP contribution in [0.1, 0.15) is 23.2 Å². The van der Waals surface area contributed by atoms with Crippen molar-refractivity contribution in [2.75, 3.05) is 24.5 Å². The van der Waals surface area contributed by atoms with Gasteiger partial charge in [0.15, 0.2) is 5.65 Å². The molecule has 10 heteroatoms. The quantitative estimate of drug-likeness (QED) is 0.670. The first kappa shape index (κ1) is 16.7. The fraction of sp³-hybridized carbons (Fsp3) is 0.400.